The fourth-order valence-electron chi connectivity index (χ4n) is 4.57. The lowest BCUT2D eigenvalue weighted by atomic mass is 10.1. The van der Waals surface area contributed by atoms with Gasteiger partial charge in [-0.05, 0) is 18.2 Å². The fraction of sp³-hybridized carbons (Fsp3) is 0.280. The van der Waals surface area contributed by atoms with Crippen molar-refractivity contribution in [1.29, 1.82) is 5.26 Å². The molecule has 10 nitrogen and oxygen atoms in total. The van der Waals surface area contributed by atoms with Gasteiger partial charge < -0.3 is 24.6 Å². The van der Waals surface area contributed by atoms with Crippen molar-refractivity contribution in [1.82, 2.24) is 14.8 Å². The SMILES string of the molecule is N#Cc1cccc(CNC(=O)[C@@H]2C[C@@H](F)CN2C(=O)Cn2cc(C(=O)C(F)(F)F)c3ccc(P(=O)(O)O)cc32)c1F. The molecule has 0 saturated carbocycles. The van der Waals surface area contributed by atoms with Crippen LogP contribution in [0, 0.1) is 17.1 Å². The van der Waals surface area contributed by atoms with Gasteiger partial charge in [0.05, 0.1) is 28.5 Å². The Hall–Kier alpha value is -4.12. The maximum atomic E-state index is 14.4. The van der Waals surface area contributed by atoms with Crippen LogP contribution in [0.3, 0.4) is 0 Å². The second-order valence-corrected chi connectivity index (χ2v) is 10.9. The Labute approximate surface area is 228 Å². The number of aromatic nitrogens is 1. The average Bonchev–Trinajstić information content (AvgIpc) is 3.46. The molecule has 0 aliphatic carbocycles. The quantitative estimate of drug-likeness (QED) is 0.215. The third-order valence-electron chi connectivity index (χ3n) is 6.54. The Morgan fingerprint density at radius 2 is 1.88 bits per heavy atom. The number of hydrogen-bond acceptors (Lipinski definition) is 5. The van der Waals surface area contributed by atoms with Crippen molar-refractivity contribution >= 4 is 41.4 Å². The minimum Gasteiger partial charge on any atom is -0.350 e. The normalized spacial score (nSPS) is 17.5. The number of halogens is 5. The van der Waals surface area contributed by atoms with Crippen LogP contribution in [0.25, 0.3) is 10.9 Å². The van der Waals surface area contributed by atoms with Gasteiger partial charge in [-0.25, -0.2) is 8.78 Å². The standard InChI is InChI=1S/C25H20F5N4O6P/c26-15-6-20(24(37)32-9-14-3-1-2-13(8-31)22(14)27)34(10-15)21(35)12-33-11-18(23(36)25(28,29)30)17-5-4-16(7-19(17)33)41(38,39)40/h1-5,7,11,15,20H,6,9-10,12H2,(H,32,37)(H2,38,39,40)/t15-,20+/m1/s1. The van der Waals surface area contributed by atoms with E-state index in [0.717, 1.165) is 27.7 Å². The smallest absolute Gasteiger partial charge is 0.350 e. The van der Waals surface area contributed by atoms with Gasteiger partial charge in [0.15, 0.2) is 0 Å². The third kappa shape index (κ3) is 6.14. The second kappa shape index (κ2) is 11.0. The van der Waals surface area contributed by atoms with Gasteiger partial charge >= 0.3 is 13.8 Å². The number of fused-ring (bicyclic) bond motifs is 1. The van der Waals surface area contributed by atoms with Crippen molar-refractivity contribution in [2.24, 2.45) is 0 Å². The molecule has 16 heteroatoms. The minimum absolute atomic E-state index is 0.0356. The van der Waals surface area contributed by atoms with Crippen LogP contribution < -0.4 is 10.6 Å². The molecule has 4 rings (SSSR count). The molecule has 41 heavy (non-hydrogen) atoms. The van der Waals surface area contributed by atoms with Gasteiger partial charge in [0.25, 0.3) is 5.78 Å². The zero-order valence-electron chi connectivity index (χ0n) is 20.7. The Kier molecular flexibility index (Phi) is 8.04. The molecule has 1 aromatic heterocycles. The molecule has 0 bridgehead atoms. The van der Waals surface area contributed by atoms with Gasteiger partial charge in [-0.15, -0.1) is 0 Å². The molecular formula is C25H20F5N4O6P. The second-order valence-electron chi connectivity index (χ2n) is 9.25. The minimum atomic E-state index is -5.29. The van der Waals surface area contributed by atoms with Crippen molar-refractivity contribution in [2.45, 2.75) is 37.9 Å². The van der Waals surface area contributed by atoms with Crippen molar-refractivity contribution in [3.63, 3.8) is 0 Å². The molecule has 2 aromatic carbocycles. The van der Waals surface area contributed by atoms with Crippen LogP contribution in [0.15, 0.2) is 42.6 Å². The number of nitriles is 1. The van der Waals surface area contributed by atoms with E-state index in [0.29, 0.717) is 6.20 Å². The zero-order chi connectivity index (χ0) is 30.3. The summed E-state index contributed by atoms with van der Waals surface area (Å²) >= 11 is 0. The van der Waals surface area contributed by atoms with Gasteiger partial charge in [0.2, 0.25) is 11.8 Å². The van der Waals surface area contributed by atoms with Crippen LogP contribution in [0.1, 0.15) is 27.9 Å². The first kappa shape index (κ1) is 29.9. The highest BCUT2D eigenvalue weighted by Gasteiger charge is 2.42. The number of amides is 2. The summed E-state index contributed by atoms with van der Waals surface area (Å²) in [7, 11) is -4.88. The number of alkyl halides is 4. The maximum absolute atomic E-state index is 14.4. The van der Waals surface area contributed by atoms with E-state index < -0.39 is 79.8 Å². The summed E-state index contributed by atoms with van der Waals surface area (Å²) < 4.78 is 80.9. The van der Waals surface area contributed by atoms with Crippen LogP contribution in [0.2, 0.25) is 0 Å². The number of carbonyl (C=O) groups is 3. The van der Waals surface area contributed by atoms with Gasteiger partial charge in [-0.1, -0.05) is 18.2 Å². The molecule has 3 N–H and O–H groups in total. The molecule has 3 aromatic rings. The Balaban J connectivity index is 1.61. The summed E-state index contributed by atoms with van der Waals surface area (Å²) in [5.41, 5.74) is -1.45. The number of hydrogen-bond donors (Lipinski definition) is 3. The van der Waals surface area contributed by atoms with E-state index in [-0.39, 0.29) is 28.6 Å². The van der Waals surface area contributed by atoms with Crippen LogP contribution in [0.5, 0.6) is 0 Å². The lowest BCUT2D eigenvalue weighted by Gasteiger charge is -2.24. The Morgan fingerprint density at radius 3 is 2.51 bits per heavy atom. The van der Waals surface area contributed by atoms with Crippen LogP contribution in [-0.4, -0.2) is 61.8 Å². The van der Waals surface area contributed by atoms with E-state index in [9.17, 15) is 50.7 Å². The van der Waals surface area contributed by atoms with Gasteiger partial charge in [-0.3, -0.25) is 18.9 Å². The topological polar surface area (TPSA) is 153 Å². The molecule has 216 valence electrons. The van der Waals surface area contributed by atoms with E-state index in [1.165, 1.54) is 18.2 Å². The van der Waals surface area contributed by atoms with E-state index in [1.807, 2.05) is 0 Å². The van der Waals surface area contributed by atoms with Crippen molar-refractivity contribution < 1.29 is 50.7 Å². The molecule has 0 unspecified atom stereocenters. The Morgan fingerprint density at radius 1 is 1.17 bits per heavy atom. The monoisotopic (exact) mass is 598 g/mol. The fourth-order valence-corrected chi connectivity index (χ4v) is 5.13. The highest BCUT2D eigenvalue weighted by Crippen LogP contribution is 2.36. The van der Waals surface area contributed by atoms with Gasteiger partial charge in [0, 0.05) is 30.1 Å². The zero-order valence-corrected chi connectivity index (χ0v) is 21.6. The lowest BCUT2D eigenvalue weighted by molar-refractivity contribution is -0.139. The van der Waals surface area contributed by atoms with E-state index in [1.54, 1.807) is 6.07 Å². The van der Waals surface area contributed by atoms with Crippen molar-refractivity contribution in [3.8, 4) is 6.07 Å². The first-order valence-electron chi connectivity index (χ1n) is 11.8. The number of benzene rings is 2. The third-order valence-corrected chi connectivity index (χ3v) is 7.49. The molecule has 1 fully saturated rings. The molecule has 2 heterocycles. The molecular weight excluding hydrogens is 578 g/mol. The summed E-state index contributed by atoms with van der Waals surface area (Å²) in [5, 5.41) is 10.4. The summed E-state index contributed by atoms with van der Waals surface area (Å²) in [5.74, 6) is -4.91. The highest BCUT2D eigenvalue weighted by molar-refractivity contribution is 7.60. The average molecular weight is 598 g/mol. The predicted octanol–water partition coefficient (Wildman–Crippen LogP) is 2.46. The highest BCUT2D eigenvalue weighted by atomic mass is 31.2. The van der Waals surface area contributed by atoms with Crippen molar-refractivity contribution in [3.05, 3.63) is 65.1 Å². The van der Waals surface area contributed by atoms with Crippen LogP contribution in [0.4, 0.5) is 22.0 Å². The maximum Gasteiger partial charge on any atom is 0.454 e. The van der Waals surface area contributed by atoms with Gasteiger partial charge in [0.1, 0.15) is 30.6 Å². The number of likely N-dealkylation sites (tertiary alicyclic amines) is 1. The van der Waals surface area contributed by atoms with Gasteiger partial charge in [-0.2, -0.15) is 18.4 Å². The molecule has 1 aliphatic rings. The van der Waals surface area contributed by atoms with E-state index >= 15 is 0 Å². The number of nitrogens with one attached hydrogen (secondary N) is 1. The molecule has 2 atom stereocenters. The summed E-state index contributed by atoms with van der Waals surface area (Å²) in [6.45, 7) is -1.73. The summed E-state index contributed by atoms with van der Waals surface area (Å²) in [6.07, 6.45) is -6.66. The summed E-state index contributed by atoms with van der Waals surface area (Å²) in [6, 6.07) is 6.82. The number of nitrogens with zero attached hydrogens (tertiary/aromatic N) is 3. The first-order valence-corrected chi connectivity index (χ1v) is 13.4. The largest absolute Gasteiger partial charge is 0.454 e. The summed E-state index contributed by atoms with van der Waals surface area (Å²) in [4.78, 5) is 57.9. The first-order chi connectivity index (χ1) is 19.1. The number of Topliss-reactive ketones (excluding diaryl/α,β-unsaturated/α-hetero) is 1. The Bertz CT molecular complexity index is 1640. The van der Waals surface area contributed by atoms with Crippen molar-refractivity contribution in [2.75, 3.05) is 6.54 Å². The number of ketones is 1. The van der Waals surface area contributed by atoms with Crippen LogP contribution in [-0.2, 0) is 27.2 Å². The molecule has 0 spiro atoms. The number of carbonyl (C=O) groups excluding carboxylic acids is 3. The molecule has 1 aliphatic heterocycles. The van der Waals surface area contributed by atoms with E-state index in [2.05, 4.69) is 5.32 Å². The van der Waals surface area contributed by atoms with Crippen LogP contribution >= 0.6 is 7.60 Å². The molecule has 2 amide bonds. The number of rotatable bonds is 7. The predicted molar refractivity (Wildman–Crippen MR) is 132 cm³/mol. The van der Waals surface area contributed by atoms with E-state index in [4.69, 9.17) is 5.26 Å². The molecule has 0 radical (unpaired) electrons. The molecule has 1 saturated heterocycles. The lowest BCUT2D eigenvalue weighted by Crippen LogP contribution is -2.46.